The van der Waals surface area contributed by atoms with Crippen LogP contribution in [0.2, 0.25) is 0 Å². The third-order valence-electron chi connectivity index (χ3n) is 4.88. The van der Waals surface area contributed by atoms with Gasteiger partial charge in [0.1, 0.15) is 12.7 Å². The van der Waals surface area contributed by atoms with Gasteiger partial charge in [-0.2, -0.15) is 0 Å². The molecule has 1 saturated heterocycles. The number of ether oxygens (including phenoxy) is 2. The first kappa shape index (κ1) is 20.6. The van der Waals surface area contributed by atoms with Gasteiger partial charge < -0.3 is 29.3 Å². The Balaban J connectivity index is 1.50. The molecule has 0 aliphatic carbocycles. The molecule has 2 N–H and O–H groups in total. The zero-order valence-electron chi connectivity index (χ0n) is 16.8. The molecule has 7 heteroatoms. The molecule has 1 aromatic heterocycles. The Kier molecular flexibility index (Phi) is 7.71. The quantitative estimate of drug-likeness (QED) is 0.646. The van der Waals surface area contributed by atoms with E-state index in [2.05, 4.69) is 15.4 Å². The number of rotatable bonds is 10. The molecule has 154 valence electrons. The summed E-state index contributed by atoms with van der Waals surface area (Å²) in [6.45, 7) is 6.20. The van der Waals surface area contributed by atoms with Crippen LogP contribution in [0.4, 0.5) is 0 Å². The van der Waals surface area contributed by atoms with Gasteiger partial charge in [-0.25, -0.2) is 0 Å². The number of nitrogens with zero attached hydrogens (tertiary/aromatic N) is 2. The maximum Gasteiger partial charge on any atom is 0.161 e. The molecule has 1 unspecified atom stereocenters. The van der Waals surface area contributed by atoms with Gasteiger partial charge in [-0.3, -0.25) is 0 Å². The molecule has 0 radical (unpaired) electrons. The van der Waals surface area contributed by atoms with E-state index in [0.717, 1.165) is 30.1 Å². The number of benzene rings is 1. The highest BCUT2D eigenvalue weighted by Gasteiger charge is 2.16. The summed E-state index contributed by atoms with van der Waals surface area (Å²) in [7, 11) is 1.62. The molecule has 2 aromatic rings. The van der Waals surface area contributed by atoms with Crippen LogP contribution in [0.1, 0.15) is 36.3 Å². The summed E-state index contributed by atoms with van der Waals surface area (Å²) < 4.78 is 16.5. The number of hydrogen-bond acceptors (Lipinski definition) is 7. The fourth-order valence-corrected chi connectivity index (χ4v) is 3.45. The topological polar surface area (TPSA) is 80.0 Å². The number of aliphatic hydroxyl groups is 1. The standard InChI is InChI=1S/C21H31N3O4/c1-16-10-19(28-23-16)13-22-12-17-6-7-20(26-2)21(11-17)27-15-18(25)14-24-8-4-3-5-9-24/h6-7,10-11,18,22,25H,3-5,8-9,12-15H2,1-2H3. The Bertz CT molecular complexity index is 728. The first-order valence-corrected chi connectivity index (χ1v) is 9.97. The Morgan fingerprint density at radius 3 is 2.71 bits per heavy atom. The summed E-state index contributed by atoms with van der Waals surface area (Å²) in [6.07, 6.45) is 3.20. The van der Waals surface area contributed by atoms with Gasteiger partial charge in [0.15, 0.2) is 17.3 Å². The Hall–Kier alpha value is -2.09. The lowest BCUT2D eigenvalue weighted by Crippen LogP contribution is -2.38. The molecule has 0 saturated carbocycles. The molecule has 1 fully saturated rings. The van der Waals surface area contributed by atoms with Crippen molar-refractivity contribution in [1.82, 2.24) is 15.4 Å². The number of methoxy groups -OCH3 is 1. The molecule has 0 bridgehead atoms. The normalized spacial score (nSPS) is 16.1. The molecule has 28 heavy (non-hydrogen) atoms. The van der Waals surface area contributed by atoms with Crippen molar-refractivity contribution in [2.75, 3.05) is 33.4 Å². The van der Waals surface area contributed by atoms with E-state index in [-0.39, 0.29) is 6.61 Å². The van der Waals surface area contributed by atoms with E-state index in [1.165, 1.54) is 19.3 Å². The first-order valence-electron chi connectivity index (χ1n) is 9.97. The summed E-state index contributed by atoms with van der Waals surface area (Å²) in [5, 5.41) is 17.5. The van der Waals surface area contributed by atoms with Crippen LogP contribution in [0, 0.1) is 6.92 Å². The van der Waals surface area contributed by atoms with Crippen molar-refractivity contribution >= 4 is 0 Å². The van der Waals surface area contributed by atoms with Gasteiger partial charge in [0.2, 0.25) is 0 Å². The summed E-state index contributed by atoms with van der Waals surface area (Å²) >= 11 is 0. The number of hydrogen-bond donors (Lipinski definition) is 2. The predicted molar refractivity (Wildman–Crippen MR) is 107 cm³/mol. The lowest BCUT2D eigenvalue weighted by atomic mass is 10.1. The number of piperidine rings is 1. The zero-order chi connectivity index (χ0) is 19.8. The lowest BCUT2D eigenvalue weighted by molar-refractivity contribution is 0.0608. The summed E-state index contributed by atoms with van der Waals surface area (Å²) in [5.74, 6) is 2.12. The highest BCUT2D eigenvalue weighted by molar-refractivity contribution is 5.43. The van der Waals surface area contributed by atoms with Gasteiger partial charge in [-0.1, -0.05) is 17.6 Å². The molecule has 2 heterocycles. The minimum atomic E-state index is -0.515. The number of aryl methyl sites for hydroxylation is 1. The maximum absolute atomic E-state index is 10.3. The fourth-order valence-electron chi connectivity index (χ4n) is 3.45. The van der Waals surface area contributed by atoms with Crippen molar-refractivity contribution in [3.8, 4) is 11.5 Å². The SMILES string of the molecule is COc1ccc(CNCc2cc(C)no2)cc1OCC(O)CN1CCCCC1. The van der Waals surface area contributed by atoms with Gasteiger partial charge in [0, 0.05) is 19.2 Å². The van der Waals surface area contributed by atoms with Gasteiger partial charge in [0.05, 0.1) is 19.3 Å². The monoisotopic (exact) mass is 389 g/mol. The van der Waals surface area contributed by atoms with Crippen molar-refractivity contribution < 1.29 is 19.1 Å². The second-order valence-corrected chi connectivity index (χ2v) is 7.35. The van der Waals surface area contributed by atoms with Crippen molar-refractivity contribution in [2.24, 2.45) is 0 Å². The Morgan fingerprint density at radius 1 is 1.18 bits per heavy atom. The van der Waals surface area contributed by atoms with Crippen LogP contribution in [0.5, 0.6) is 11.5 Å². The highest BCUT2D eigenvalue weighted by atomic mass is 16.5. The average molecular weight is 389 g/mol. The molecule has 3 rings (SSSR count). The van der Waals surface area contributed by atoms with Crippen LogP contribution in [0.15, 0.2) is 28.8 Å². The van der Waals surface area contributed by atoms with E-state index in [0.29, 0.717) is 31.1 Å². The van der Waals surface area contributed by atoms with Crippen molar-refractivity contribution in [3.05, 3.63) is 41.3 Å². The van der Waals surface area contributed by atoms with Crippen LogP contribution in [0.3, 0.4) is 0 Å². The minimum absolute atomic E-state index is 0.251. The van der Waals surface area contributed by atoms with E-state index >= 15 is 0 Å². The van der Waals surface area contributed by atoms with Crippen LogP contribution < -0.4 is 14.8 Å². The molecule has 0 spiro atoms. The molecular weight excluding hydrogens is 358 g/mol. The van der Waals surface area contributed by atoms with Gasteiger partial charge in [0.25, 0.3) is 0 Å². The second-order valence-electron chi connectivity index (χ2n) is 7.35. The van der Waals surface area contributed by atoms with Crippen LogP contribution in [0.25, 0.3) is 0 Å². The van der Waals surface area contributed by atoms with Crippen LogP contribution in [-0.4, -0.2) is 54.6 Å². The maximum atomic E-state index is 10.3. The molecule has 1 aromatic carbocycles. The molecule has 1 aliphatic heterocycles. The fraction of sp³-hybridized carbons (Fsp3) is 0.571. The van der Waals surface area contributed by atoms with E-state index < -0.39 is 6.10 Å². The lowest BCUT2D eigenvalue weighted by Gasteiger charge is -2.28. The summed E-state index contributed by atoms with van der Waals surface area (Å²) in [6, 6.07) is 7.75. The van der Waals surface area contributed by atoms with Gasteiger partial charge in [-0.05, 0) is 50.6 Å². The smallest absolute Gasteiger partial charge is 0.161 e. The van der Waals surface area contributed by atoms with Crippen molar-refractivity contribution in [1.29, 1.82) is 0 Å². The van der Waals surface area contributed by atoms with E-state index in [1.807, 2.05) is 31.2 Å². The summed E-state index contributed by atoms with van der Waals surface area (Å²) in [5.41, 5.74) is 1.94. The van der Waals surface area contributed by atoms with Crippen molar-refractivity contribution in [2.45, 2.75) is 45.4 Å². The number of aliphatic hydroxyl groups excluding tert-OH is 1. The number of aromatic nitrogens is 1. The minimum Gasteiger partial charge on any atom is -0.493 e. The largest absolute Gasteiger partial charge is 0.493 e. The molecule has 0 amide bonds. The van der Waals surface area contributed by atoms with Crippen LogP contribution in [-0.2, 0) is 13.1 Å². The number of nitrogens with one attached hydrogen (secondary N) is 1. The zero-order valence-corrected chi connectivity index (χ0v) is 16.8. The van der Waals surface area contributed by atoms with E-state index in [4.69, 9.17) is 14.0 Å². The first-order chi connectivity index (χ1) is 13.6. The second kappa shape index (κ2) is 10.5. The molecular formula is C21H31N3O4. The predicted octanol–water partition coefficient (Wildman–Crippen LogP) is 2.51. The van der Waals surface area contributed by atoms with Crippen LogP contribution >= 0.6 is 0 Å². The van der Waals surface area contributed by atoms with Gasteiger partial charge >= 0.3 is 0 Å². The Labute approximate surface area is 166 Å². The molecule has 7 nitrogen and oxygen atoms in total. The van der Waals surface area contributed by atoms with E-state index in [9.17, 15) is 5.11 Å². The summed E-state index contributed by atoms with van der Waals surface area (Å²) in [4.78, 5) is 2.31. The third-order valence-corrected chi connectivity index (χ3v) is 4.88. The third kappa shape index (κ3) is 6.22. The Morgan fingerprint density at radius 2 is 2.00 bits per heavy atom. The highest BCUT2D eigenvalue weighted by Crippen LogP contribution is 2.28. The molecule has 1 atom stereocenters. The number of β-amino-alcohol motifs (C(OH)–C–C–N with tert-alkyl or cyclic N) is 1. The van der Waals surface area contributed by atoms with E-state index in [1.54, 1.807) is 7.11 Å². The molecule has 1 aliphatic rings. The van der Waals surface area contributed by atoms with Gasteiger partial charge in [-0.15, -0.1) is 0 Å². The van der Waals surface area contributed by atoms with Crippen molar-refractivity contribution in [3.63, 3.8) is 0 Å². The average Bonchev–Trinajstić information content (AvgIpc) is 3.12. The number of likely N-dealkylation sites (tertiary alicyclic amines) is 1.